The van der Waals surface area contributed by atoms with E-state index >= 15 is 0 Å². The predicted molar refractivity (Wildman–Crippen MR) is 118 cm³/mol. The number of aliphatic carboxylic acids is 1. The first-order chi connectivity index (χ1) is 15.6. The Morgan fingerprint density at radius 1 is 1.18 bits per heavy atom. The molecule has 0 aromatic heterocycles. The van der Waals surface area contributed by atoms with Crippen LogP contribution in [0.3, 0.4) is 0 Å². The molecule has 0 unspecified atom stereocenters. The van der Waals surface area contributed by atoms with E-state index < -0.39 is 35.9 Å². The van der Waals surface area contributed by atoms with Gasteiger partial charge in [-0.15, -0.1) is 0 Å². The monoisotopic (exact) mass is 452 g/mol. The summed E-state index contributed by atoms with van der Waals surface area (Å²) in [6.45, 7) is 2.95. The van der Waals surface area contributed by atoms with Gasteiger partial charge in [0.25, 0.3) is 11.8 Å². The summed E-state index contributed by atoms with van der Waals surface area (Å²) in [7, 11) is 0. The van der Waals surface area contributed by atoms with Crippen LogP contribution >= 0.6 is 0 Å². The molecule has 170 valence electrons. The molecule has 2 heterocycles. The number of hydrogen-bond donors (Lipinski definition) is 4. The maximum Gasteiger partial charge on any atom is 0.328 e. The number of nitrogens with one attached hydrogen (secondary N) is 2. The molecule has 4 N–H and O–H groups in total. The van der Waals surface area contributed by atoms with Gasteiger partial charge in [0, 0.05) is 16.7 Å². The van der Waals surface area contributed by atoms with Crippen LogP contribution in [-0.2, 0) is 14.3 Å². The number of amides is 2. The van der Waals surface area contributed by atoms with Gasteiger partial charge in [-0.3, -0.25) is 9.59 Å². The summed E-state index contributed by atoms with van der Waals surface area (Å²) < 4.78 is 19.6. The Morgan fingerprint density at radius 3 is 2.52 bits per heavy atom. The molecule has 0 fully saturated rings. The molecule has 0 bridgehead atoms. The normalized spacial score (nSPS) is 19.3. The summed E-state index contributed by atoms with van der Waals surface area (Å²) in [5.74, 6) is -2.46. The van der Waals surface area contributed by atoms with E-state index in [0.717, 1.165) is 11.1 Å². The fraction of sp³-hybridized carbons (Fsp3) is 0.208. The smallest absolute Gasteiger partial charge is 0.328 e. The van der Waals surface area contributed by atoms with Gasteiger partial charge < -0.3 is 25.6 Å². The van der Waals surface area contributed by atoms with Gasteiger partial charge in [0.1, 0.15) is 17.2 Å². The number of carbonyl (C=O) groups excluding carboxylic acids is 2. The van der Waals surface area contributed by atoms with Gasteiger partial charge in [-0.1, -0.05) is 12.1 Å². The third-order valence-corrected chi connectivity index (χ3v) is 5.51. The van der Waals surface area contributed by atoms with Crippen molar-refractivity contribution in [1.82, 2.24) is 5.32 Å². The second-order valence-electron chi connectivity index (χ2n) is 8.18. The van der Waals surface area contributed by atoms with E-state index in [-0.39, 0.29) is 11.5 Å². The molecule has 2 amide bonds. The van der Waals surface area contributed by atoms with Crippen LogP contribution in [0.1, 0.15) is 35.3 Å². The Bertz CT molecular complexity index is 1230. The van der Waals surface area contributed by atoms with E-state index in [0.29, 0.717) is 22.6 Å². The number of halogens is 1. The number of ether oxygens (including phenoxy) is 1. The van der Waals surface area contributed by atoms with Gasteiger partial charge in [0.05, 0.1) is 17.9 Å². The molecule has 8 nitrogen and oxygen atoms in total. The van der Waals surface area contributed by atoms with Gasteiger partial charge in [-0.25, -0.2) is 9.18 Å². The van der Waals surface area contributed by atoms with Crippen LogP contribution in [0.4, 0.5) is 10.1 Å². The number of carbonyl (C=O) groups is 3. The summed E-state index contributed by atoms with van der Waals surface area (Å²) in [5.41, 5.74) is 2.17. The van der Waals surface area contributed by atoms with Crippen molar-refractivity contribution >= 4 is 34.6 Å². The van der Waals surface area contributed by atoms with Gasteiger partial charge in [0.2, 0.25) is 0 Å². The van der Waals surface area contributed by atoms with Gasteiger partial charge in [0.15, 0.2) is 6.04 Å². The summed E-state index contributed by atoms with van der Waals surface area (Å²) in [4.78, 5) is 35.8. The summed E-state index contributed by atoms with van der Waals surface area (Å²) in [6.07, 6.45) is 1.74. The number of carboxylic acids is 1. The van der Waals surface area contributed by atoms with Crippen molar-refractivity contribution in [3.8, 4) is 0 Å². The topological polar surface area (TPSA) is 125 Å². The number of allylic oxidation sites excluding steroid dienone is 1. The average molecular weight is 452 g/mol. The van der Waals surface area contributed by atoms with Crippen LogP contribution in [0.15, 0.2) is 54.3 Å². The Balaban J connectivity index is 1.65. The minimum absolute atomic E-state index is 0.223. The highest BCUT2D eigenvalue weighted by Gasteiger charge is 2.38. The lowest BCUT2D eigenvalue weighted by Crippen LogP contribution is -2.43. The summed E-state index contributed by atoms with van der Waals surface area (Å²) in [5, 5.41) is 22.9. The van der Waals surface area contributed by atoms with Crippen LogP contribution in [0.2, 0.25) is 0 Å². The van der Waals surface area contributed by atoms with Crippen molar-refractivity contribution in [3.05, 3.63) is 76.8 Å². The third kappa shape index (κ3) is 4.10. The number of carboxylic acid groups (broad SMARTS) is 1. The zero-order valence-electron chi connectivity index (χ0n) is 17.8. The molecule has 33 heavy (non-hydrogen) atoms. The van der Waals surface area contributed by atoms with E-state index in [9.17, 15) is 18.8 Å². The zero-order chi connectivity index (χ0) is 23.9. The Kier molecular flexibility index (Phi) is 5.51. The summed E-state index contributed by atoms with van der Waals surface area (Å²) in [6, 6.07) is 9.09. The number of aliphatic hydroxyl groups is 1. The quantitative estimate of drug-likeness (QED) is 0.517. The molecule has 2 aromatic rings. The van der Waals surface area contributed by atoms with Crippen molar-refractivity contribution in [1.29, 1.82) is 0 Å². The minimum Gasteiger partial charge on any atom is -0.482 e. The van der Waals surface area contributed by atoms with Gasteiger partial charge in [-0.2, -0.15) is 0 Å². The molecule has 1 atom stereocenters. The number of benzene rings is 2. The lowest BCUT2D eigenvalue weighted by molar-refractivity contribution is -0.140. The van der Waals surface area contributed by atoms with Crippen LogP contribution in [0, 0.1) is 5.82 Å². The SMILES string of the molecule is CC1(C)OC(=C2C(=O)Nc3cc(F)ccc32)C=C1c1ccc(C(=O)N[C@@H](CO)C(=O)O)cc1. The molecule has 2 aliphatic heterocycles. The highest BCUT2D eigenvalue weighted by atomic mass is 19.1. The first-order valence-corrected chi connectivity index (χ1v) is 10.1. The van der Waals surface area contributed by atoms with Crippen molar-refractivity contribution in [2.45, 2.75) is 25.5 Å². The second kappa shape index (κ2) is 8.18. The zero-order valence-corrected chi connectivity index (χ0v) is 17.8. The number of anilines is 1. The number of aliphatic hydroxyl groups excluding tert-OH is 1. The number of fused-ring (bicyclic) bond motifs is 1. The molecule has 0 radical (unpaired) electrons. The highest BCUT2D eigenvalue weighted by molar-refractivity contribution is 6.32. The third-order valence-electron chi connectivity index (χ3n) is 5.51. The second-order valence-corrected chi connectivity index (χ2v) is 8.18. The standard InChI is InChI=1S/C24H21FN2O6/c1-24(2)16(12-3-5-13(6-4-12)21(29)27-18(11-28)23(31)32)10-19(33-24)20-15-8-7-14(25)9-17(15)26-22(20)30/h3-10,18,28H,11H2,1-2H3,(H,26,30)(H,27,29)(H,31,32)/t18-/m0/s1. The van der Waals surface area contributed by atoms with Crippen molar-refractivity contribution in [3.63, 3.8) is 0 Å². The molecule has 4 rings (SSSR count). The molecule has 0 spiro atoms. The van der Waals surface area contributed by atoms with Gasteiger partial charge in [-0.05, 0) is 55.8 Å². The van der Waals surface area contributed by atoms with E-state index in [1.807, 2.05) is 13.8 Å². The molecule has 2 aliphatic rings. The van der Waals surface area contributed by atoms with E-state index in [1.165, 1.54) is 30.3 Å². The number of hydrogen-bond acceptors (Lipinski definition) is 5. The van der Waals surface area contributed by atoms with E-state index in [4.69, 9.17) is 14.9 Å². The predicted octanol–water partition coefficient (Wildman–Crippen LogP) is 2.56. The van der Waals surface area contributed by atoms with Crippen LogP contribution in [-0.4, -0.2) is 46.2 Å². The maximum atomic E-state index is 13.5. The van der Waals surface area contributed by atoms with E-state index in [1.54, 1.807) is 18.2 Å². The summed E-state index contributed by atoms with van der Waals surface area (Å²) >= 11 is 0. The number of rotatable bonds is 5. The average Bonchev–Trinajstić information content (AvgIpc) is 3.25. The Morgan fingerprint density at radius 2 is 1.88 bits per heavy atom. The molecule has 9 heteroatoms. The fourth-order valence-electron chi connectivity index (χ4n) is 3.84. The molecule has 0 saturated carbocycles. The highest BCUT2D eigenvalue weighted by Crippen LogP contribution is 2.44. The van der Waals surface area contributed by atoms with Crippen molar-refractivity contribution < 1.29 is 33.7 Å². The first-order valence-electron chi connectivity index (χ1n) is 10.1. The van der Waals surface area contributed by atoms with Crippen molar-refractivity contribution in [2.75, 3.05) is 11.9 Å². The largest absolute Gasteiger partial charge is 0.482 e. The molecule has 2 aromatic carbocycles. The van der Waals surface area contributed by atoms with Crippen LogP contribution in [0.5, 0.6) is 0 Å². The van der Waals surface area contributed by atoms with Crippen molar-refractivity contribution in [2.24, 2.45) is 0 Å². The van der Waals surface area contributed by atoms with Gasteiger partial charge >= 0.3 is 5.97 Å². The molecule has 0 aliphatic carbocycles. The molecule has 0 saturated heterocycles. The molecular formula is C24H21FN2O6. The van der Waals surface area contributed by atoms with Crippen LogP contribution in [0.25, 0.3) is 11.1 Å². The van der Waals surface area contributed by atoms with E-state index in [2.05, 4.69) is 10.6 Å². The van der Waals surface area contributed by atoms with Crippen LogP contribution < -0.4 is 10.6 Å². The first kappa shape index (κ1) is 22.2. The Hall–Kier alpha value is -3.98. The fourth-order valence-corrected chi connectivity index (χ4v) is 3.84. The maximum absolute atomic E-state index is 13.5. The lowest BCUT2D eigenvalue weighted by atomic mass is 9.91. The molecular weight excluding hydrogens is 431 g/mol. The Labute approximate surface area is 188 Å². The minimum atomic E-state index is -1.40. The lowest BCUT2D eigenvalue weighted by Gasteiger charge is -2.23.